The first kappa shape index (κ1) is 17.3. The molecule has 0 saturated carbocycles. The number of rotatable bonds is 5. The van der Waals surface area contributed by atoms with Crippen LogP contribution in [0.15, 0.2) is 39.3 Å². The van der Waals surface area contributed by atoms with Crippen molar-refractivity contribution in [1.29, 1.82) is 0 Å². The third-order valence-electron chi connectivity index (χ3n) is 3.45. The summed E-state index contributed by atoms with van der Waals surface area (Å²) in [5.41, 5.74) is 0.528. The zero-order valence-corrected chi connectivity index (χ0v) is 14.5. The van der Waals surface area contributed by atoms with E-state index in [0.29, 0.717) is 24.0 Å². The van der Waals surface area contributed by atoms with Crippen molar-refractivity contribution in [1.82, 2.24) is 9.73 Å². The summed E-state index contributed by atoms with van der Waals surface area (Å²) in [5.74, 6) is 0.796. The van der Waals surface area contributed by atoms with Crippen LogP contribution < -0.4 is 4.72 Å². The van der Waals surface area contributed by atoms with E-state index in [1.807, 2.05) is 36.3 Å². The number of hydrogen-bond donors (Lipinski definition) is 1. The number of hydrogen-bond acceptors (Lipinski definition) is 5. The second-order valence-corrected chi connectivity index (χ2v) is 5.85. The highest BCUT2D eigenvalue weighted by Crippen LogP contribution is 2.21. The Labute approximate surface area is 141 Å². The molecule has 6 nitrogen and oxygen atoms in total. The van der Waals surface area contributed by atoms with Crippen molar-refractivity contribution in [2.75, 3.05) is 20.2 Å². The van der Waals surface area contributed by atoms with Crippen molar-refractivity contribution in [3.63, 3.8) is 0 Å². The number of ether oxygens (including phenoxy) is 1. The number of carbonyl (C=O) groups is 1. The Kier molecular flexibility index (Phi) is 6.46. The molecule has 0 aliphatic carbocycles. The number of benzene rings is 1. The van der Waals surface area contributed by atoms with E-state index in [-0.39, 0.29) is 5.97 Å². The molecular formula is C16H22N4O2S. The predicted molar refractivity (Wildman–Crippen MR) is 93.7 cm³/mol. The lowest BCUT2D eigenvalue weighted by Crippen LogP contribution is -2.34. The van der Waals surface area contributed by atoms with Crippen molar-refractivity contribution in [2.24, 2.45) is 16.0 Å². The number of guanidine groups is 1. The van der Waals surface area contributed by atoms with E-state index in [1.165, 1.54) is 19.1 Å². The zero-order chi connectivity index (χ0) is 16.7. The molecule has 0 spiro atoms. The molecule has 2 rings (SSSR count). The van der Waals surface area contributed by atoms with Crippen molar-refractivity contribution in [2.45, 2.75) is 25.2 Å². The van der Waals surface area contributed by atoms with Gasteiger partial charge in [-0.2, -0.15) is 5.10 Å². The fourth-order valence-electron chi connectivity index (χ4n) is 2.12. The van der Waals surface area contributed by atoms with Gasteiger partial charge in [0.15, 0.2) is 0 Å². The molecule has 0 aromatic heterocycles. The molecule has 1 aromatic rings. The van der Waals surface area contributed by atoms with Gasteiger partial charge in [0.1, 0.15) is 0 Å². The van der Waals surface area contributed by atoms with Gasteiger partial charge in [-0.1, -0.05) is 19.1 Å². The molecule has 1 aromatic carbocycles. The van der Waals surface area contributed by atoms with Gasteiger partial charge in [-0.15, -0.1) is 0 Å². The average molecular weight is 334 g/mol. The van der Waals surface area contributed by atoms with Crippen LogP contribution in [-0.2, 0) is 4.74 Å². The van der Waals surface area contributed by atoms with Gasteiger partial charge < -0.3 is 4.74 Å². The van der Waals surface area contributed by atoms with Gasteiger partial charge in [0.25, 0.3) is 0 Å². The first-order valence-corrected chi connectivity index (χ1v) is 8.47. The minimum absolute atomic E-state index is 0.353. The Morgan fingerprint density at radius 1 is 1.48 bits per heavy atom. The maximum Gasteiger partial charge on any atom is 0.339 e. The van der Waals surface area contributed by atoms with E-state index < -0.39 is 0 Å². The minimum Gasteiger partial charge on any atom is -0.465 e. The van der Waals surface area contributed by atoms with Crippen molar-refractivity contribution in [3.8, 4) is 0 Å². The van der Waals surface area contributed by atoms with Crippen LogP contribution >= 0.6 is 11.9 Å². The van der Waals surface area contributed by atoms with E-state index in [9.17, 15) is 4.79 Å². The van der Waals surface area contributed by atoms with Gasteiger partial charge in [0, 0.05) is 23.6 Å². The molecule has 23 heavy (non-hydrogen) atoms. The molecule has 1 heterocycles. The fraction of sp³-hybridized carbons (Fsp3) is 0.438. The molecule has 0 amide bonds. The lowest BCUT2D eigenvalue weighted by molar-refractivity contribution is 0.0597. The first-order chi connectivity index (χ1) is 11.2. The van der Waals surface area contributed by atoms with Gasteiger partial charge in [0.2, 0.25) is 5.96 Å². The van der Waals surface area contributed by atoms with E-state index in [4.69, 9.17) is 4.74 Å². The summed E-state index contributed by atoms with van der Waals surface area (Å²) in [6.07, 6.45) is 3.01. The Morgan fingerprint density at radius 2 is 2.26 bits per heavy atom. The monoisotopic (exact) mass is 334 g/mol. The maximum absolute atomic E-state index is 11.8. The summed E-state index contributed by atoms with van der Waals surface area (Å²) in [6.45, 7) is 5.60. The van der Waals surface area contributed by atoms with E-state index in [1.54, 1.807) is 6.07 Å². The Balaban J connectivity index is 2.07. The van der Waals surface area contributed by atoms with Crippen LogP contribution in [0.25, 0.3) is 0 Å². The second kappa shape index (κ2) is 8.57. The molecule has 0 saturated heterocycles. The number of methoxy groups -OCH3 is 1. The fourth-order valence-corrected chi connectivity index (χ4v) is 2.90. The van der Waals surface area contributed by atoms with Crippen LogP contribution in [0.5, 0.6) is 0 Å². The SMILES string of the molecule is CCN=C(NSc1ccccc1C(=O)OC)N1CC(CC)C=N1. The smallest absolute Gasteiger partial charge is 0.339 e. The summed E-state index contributed by atoms with van der Waals surface area (Å²) in [5, 5.41) is 6.27. The number of esters is 1. The van der Waals surface area contributed by atoms with Crippen LogP contribution in [0.3, 0.4) is 0 Å². The van der Waals surface area contributed by atoms with Crippen molar-refractivity contribution >= 4 is 30.1 Å². The van der Waals surface area contributed by atoms with Crippen LogP contribution in [0.2, 0.25) is 0 Å². The Morgan fingerprint density at radius 3 is 2.91 bits per heavy atom. The van der Waals surface area contributed by atoms with E-state index >= 15 is 0 Å². The van der Waals surface area contributed by atoms with E-state index in [0.717, 1.165) is 17.9 Å². The largest absolute Gasteiger partial charge is 0.465 e. The summed E-state index contributed by atoms with van der Waals surface area (Å²) < 4.78 is 8.03. The van der Waals surface area contributed by atoms with Crippen LogP contribution in [0, 0.1) is 5.92 Å². The summed E-state index contributed by atoms with van der Waals surface area (Å²) in [7, 11) is 1.38. The normalized spacial score (nSPS) is 17.4. The van der Waals surface area contributed by atoms with Crippen molar-refractivity contribution in [3.05, 3.63) is 29.8 Å². The number of nitrogens with one attached hydrogen (secondary N) is 1. The molecule has 0 radical (unpaired) electrons. The van der Waals surface area contributed by atoms with Gasteiger partial charge >= 0.3 is 5.97 Å². The molecule has 1 N–H and O–H groups in total. The zero-order valence-electron chi connectivity index (χ0n) is 13.7. The molecule has 0 fully saturated rings. The Bertz CT molecular complexity index is 603. The second-order valence-electron chi connectivity index (χ2n) is 5.00. The highest BCUT2D eigenvalue weighted by atomic mass is 32.2. The van der Waals surface area contributed by atoms with Gasteiger partial charge in [-0.25, -0.2) is 9.80 Å². The van der Waals surface area contributed by atoms with Crippen LogP contribution in [0.4, 0.5) is 0 Å². The van der Waals surface area contributed by atoms with Gasteiger partial charge in [-0.05, 0) is 37.4 Å². The molecule has 0 bridgehead atoms. The van der Waals surface area contributed by atoms with E-state index in [2.05, 4.69) is 21.7 Å². The minimum atomic E-state index is -0.353. The number of hydrazone groups is 1. The molecular weight excluding hydrogens is 312 g/mol. The standard InChI is InChI=1S/C16H22N4O2S/c1-4-12-10-18-20(11-12)16(17-5-2)19-23-14-9-7-6-8-13(14)15(21)22-3/h6-10,12H,4-5,11H2,1-3H3,(H,17,19). The number of nitrogens with zero attached hydrogens (tertiary/aromatic N) is 3. The highest BCUT2D eigenvalue weighted by Gasteiger charge is 2.21. The molecule has 1 unspecified atom stereocenters. The van der Waals surface area contributed by atoms with Crippen molar-refractivity contribution < 1.29 is 9.53 Å². The molecule has 124 valence electrons. The van der Waals surface area contributed by atoms with Crippen LogP contribution in [-0.4, -0.2) is 43.4 Å². The quantitative estimate of drug-likeness (QED) is 0.388. The summed E-state index contributed by atoms with van der Waals surface area (Å²) >= 11 is 1.34. The third kappa shape index (κ3) is 4.48. The van der Waals surface area contributed by atoms with Gasteiger partial charge in [0.05, 0.1) is 19.2 Å². The lowest BCUT2D eigenvalue weighted by Gasteiger charge is -2.19. The Hall–Kier alpha value is -2.02. The highest BCUT2D eigenvalue weighted by molar-refractivity contribution is 7.98. The summed E-state index contributed by atoms with van der Waals surface area (Å²) in [6, 6.07) is 7.31. The molecule has 7 heteroatoms. The van der Waals surface area contributed by atoms with Crippen LogP contribution in [0.1, 0.15) is 30.6 Å². The predicted octanol–water partition coefficient (Wildman–Crippen LogP) is 2.77. The average Bonchev–Trinajstić information content (AvgIpc) is 3.07. The topological polar surface area (TPSA) is 66.3 Å². The van der Waals surface area contributed by atoms with Gasteiger partial charge in [-0.3, -0.25) is 9.71 Å². The number of aliphatic imine (C=N–C) groups is 1. The molecule has 1 aliphatic rings. The molecule has 1 aliphatic heterocycles. The maximum atomic E-state index is 11.8. The third-order valence-corrected chi connectivity index (χ3v) is 4.31. The molecule has 1 atom stereocenters. The first-order valence-electron chi connectivity index (χ1n) is 7.65. The summed E-state index contributed by atoms with van der Waals surface area (Å²) in [4.78, 5) is 17.1. The lowest BCUT2D eigenvalue weighted by atomic mass is 10.1. The number of carbonyl (C=O) groups excluding carboxylic acids is 1.